The number of aliphatic carboxylic acids is 1. The minimum atomic E-state index is -1.26. The molecule has 0 aromatic heterocycles. The maximum atomic E-state index is 11.6. The zero-order valence-corrected chi connectivity index (χ0v) is 11.9. The molecule has 6 heteroatoms. The summed E-state index contributed by atoms with van der Waals surface area (Å²) in [4.78, 5) is 34.1. The quantitative estimate of drug-likeness (QED) is 0.766. The van der Waals surface area contributed by atoms with Crippen molar-refractivity contribution in [3.63, 3.8) is 0 Å². The molecule has 0 aliphatic carbocycles. The third kappa shape index (κ3) is 6.56. The number of carbonyl (C=O) groups is 3. The van der Waals surface area contributed by atoms with Crippen LogP contribution in [-0.2, 0) is 20.9 Å². The highest BCUT2D eigenvalue weighted by Gasteiger charge is 2.23. The minimum Gasteiger partial charge on any atom is -0.480 e. The summed E-state index contributed by atoms with van der Waals surface area (Å²) in [7, 11) is 0. The van der Waals surface area contributed by atoms with Crippen LogP contribution in [0.5, 0.6) is 0 Å². The Morgan fingerprint density at radius 2 is 1.90 bits per heavy atom. The number of benzene rings is 1. The van der Waals surface area contributed by atoms with Crippen LogP contribution >= 0.6 is 0 Å². The number of alkyl carbamates (subject to hydrolysis) is 1. The van der Waals surface area contributed by atoms with E-state index in [1.807, 2.05) is 13.0 Å². The van der Waals surface area contributed by atoms with E-state index in [0.717, 1.165) is 5.56 Å². The van der Waals surface area contributed by atoms with Crippen molar-refractivity contribution in [3.05, 3.63) is 35.9 Å². The number of amides is 1. The fraction of sp³-hybridized carbons (Fsp3) is 0.400. The van der Waals surface area contributed by atoms with Gasteiger partial charge in [-0.1, -0.05) is 37.3 Å². The van der Waals surface area contributed by atoms with Gasteiger partial charge >= 0.3 is 12.1 Å². The predicted molar refractivity (Wildman–Crippen MR) is 75.7 cm³/mol. The lowest BCUT2D eigenvalue weighted by atomic mass is 10.1. The van der Waals surface area contributed by atoms with E-state index >= 15 is 0 Å². The highest BCUT2D eigenvalue weighted by molar-refractivity contribution is 5.88. The minimum absolute atomic E-state index is 0.0436. The molecule has 1 atom stereocenters. The number of Topliss-reactive ketones (excluding diaryl/α,β-unsaturated/α-hetero) is 1. The molecule has 114 valence electrons. The Morgan fingerprint density at radius 3 is 2.48 bits per heavy atom. The monoisotopic (exact) mass is 293 g/mol. The Hall–Kier alpha value is -2.37. The second-order valence-electron chi connectivity index (χ2n) is 4.59. The third-order valence-electron chi connectivity index (χ3n) is 2.76. The predicted octanol–water partition coefficient (Wildman–Crippen LogP) is 2.13. The van der Waals surface area contributed by atoms with Crippen LogP contribution in [-0.4, -0.2) is 29.0 Å². The Kier molecular flexibility index (Phi) is 6.94. The number of ketones is 1. The normalized spacial score (nSPS) is 11.5. The van der Waals surface area contributed by atoms with E-state index in [2.05, 4.69) is 5.32 Å². The summed E-state index contributed by atoms with van der Waals surface area (Å²) in [6.45, 7) is 1.87. The summed E-state index contributed by atoms with van der Waals surface area (Å²) in [6, 6.07) is 7.76. The molecular weight excluding hydrogens is 274 g/mol. The van der Waals surface area contributed by atoms with Crippen molar-refractivity contribution in [2.75, 3.05) is 0 Å². The molecule has 0 spiro atoms. The number of hydrogen-bond donors (Lipinski definition) is 2. The molecule has 1 aromatic rings. The van der Waals surface area contributed by atoms with Gasteiger partial charge in [-0.2, -0.15) is 0 Å². The lowest BCUT2D eigenvalue weighted by molar-refractivity contribution is -0.141. The van der Waals surface area contributed by atoms with Gasteiger partial charge in [0.2, 0.25) is 0 Å². The molecule has 0 aliphatic rings. The van der Waals surface area contributed by atoms with Gasteiger partial charge in [-0.3, -0.25) is 4.79 Å². The average molecular weight is 293 g/mol. The van der Waals surface area contributed by atoms with Crippen molar-refractivity contribution < 1.29 is 24.2 Å². The Balaban J connectivity index is 2.45. The smallest absolute Gasteiger partial charge is 0.408 e. The molecule has 0 saturated heterocycles. The van der Waals surface area contributed by atoms with Crippen LogP contribution < -0.4 is 5.32 Å². The standard InChI is InChI=1S/C15H19NO5/c1-2-6-12(17)9-13(14(18)19)16-15(20)21-10-11-7-4-3-5-8-11/h3-5,7-8,13H,2,6,9-10H2,1H3,(H,16,20)(H,18,19)/t13-/m0/s1. The fourth-order valence-electron chi connectivity index (χ4n) is 1.72. The van der Waals surface area contributed by atoms with Crippen LogP contribution in [0.15, 0.2) is 30.3 Å². The van der Waals surface area contributed by atoms with Gasteiger partial charge in [0.25, 0.3) is 0 Å². The number of hydrogen-bond acceptors (Lipinski definition) is 4. The lowest BCUT2D eigenvalue weighted by Crippen LogP contribution is -2.42. The second kappa shape index (κ2) is 8.73. The summed E-state index contributed by atoms with van der Waals surface area (Å²) >= 11 is 0. The van der Waals surface area contributed by atoms with Crippen LogP contribution in [0.4, 0.5) is 4.79 Å². The van der Waals surface area contributed by atoms with Crippen molar-refractivity contribution in [2.45, 2.75) is 38.8 Å². The topological polar surface area (TPSA) is 92.7 Å². The van der Waals surface area contributed by atoms with Gasteiger partial charge < -0.3 is 15.2 Å². The molecule has 0 heterocycles. The van der Waals surface area contributed by atoms with Crippen molar-refractivity contribution in [3.8, 4) is 0 Å². The van der Waals surface area contributed by atoms with Crippen LogP contribution in [0.1, 0.15) is 31.7 Å². The maximum Gasteiger partial charge on any atom is 0.408 e. The molecule has 1 rings (SSSR count). The average Bonchev–Trinajstić information content (AvgIpc) is 2.45. The summed E-state index contributed by atoms with van der Waals surface area (Å²) in [5, 5.41) is 11.2. The maximum absolute atomic E-state index is 11.6. The lowest BCUT2D eigenvalue weighted by Gasteiger charge is -2.13. The Labute approximate surface area is 123 Å². The molecule has 1 aromatic carbocycles. The number of ether oxygens (including phenoxy) is 1. The Bertz CT molecular complexity index is 486. The highest BCUT2D eigenvalue weighted by atomic mass is 16.5. The van der Waals surface area contributed by atoms with E-state index in [9.17, 15) is 14.4 Å². The van der Waals surface area contributed by atoms with Gasteiger partial charge in [0.1, 0.15) is 18.4 Å². The number of rotatable bonds is 8. The van der Waals surface area contributed by atoms with E-state index in [1.165, 1.54) is 0 Å². The van der Waals surface area contributed by atoms with Gasteiger partial charge in [0.05, 0.1) is 0 Å². The first-order valence-electron chi connectivity index (χ1n) is 6.74. The first kappa shape index (κ1) is 16.7. The van der Waals surface area contributed by atoms with Gasteiger partial charge in [0.15, 0.2) is 0 Å². The van der Waals surface area contributed by atoms with Crippen LogP contribution in [0.25, 0.3) is 0 Å². The molecule has 0 radical (unpaired) electrons. The SMILES string of the molecule is CCCC(=O)C[C@H](NC(=O)OCc1ccccc1)C(=O)O. The van der Waals surface area contributed by atoms with Crippen LogP contribution in [0, 0.1) is 0 Å². The number of carboxylic acid groups (broad SMARTS) is 1. The van der Waals surface area contributed by atoms with Gasteiger partial charge in [-0.25, -0.2) is 9.59 Å². The van der Waals surface area contributed by atoms with E-state index in [1.54, 1.807) is 24.3 Å². The van der Waals surface area contributed by atoms with Crippen molar-refractivity contribution >= 4 is 17.8 Å². The fourth-order valence-corrected chi connectivity index (χ4v) is 1.72. The van der Waals surface area contributed by atoms with Gasteiger partial charge in [0, 0.05) is 12.8 Å². The van der Waals surface area contributed by atoms with Gasteiger partial charge in [-0.05, 0) is 12.0 Å². The summed E-state index contributed by atoms with van der Waals surface area (Å²) in [5.41, 5.74) is 0.793. The Morgan fingerprint density at radius 1 is 1.24 bits per heavy atom. The molecule has 6 nitrogen and oxygen atoms in total. The van der Waals surface area contributed by atoms with Gasteiger partial charge in [-0.15, -0.1) is 0 Å². The van der Waals surface area contributed by atoms with E-state index in [4.69, 9.17) is 9.84 Å². The largest absolute Gasteiger partial charge is 0.480 e. The second-order valence-corrected chi connectivity index (χ2v) is 4.59. The first-order valence-corrected chi connectivity index (χ1v) is 6.74. The first-order chi connectivity index (χ1) is 10.0. The van der Waals surface area contributed by atoms with Crippen LogP contribution in [0.3, 0.4) is 0 Å². The van der Waals surface area contributed by atoms with E-state index < -0.39 is 18.1 Å². The molecule has 21 heavy (non-hydrogen) atoms. The zero-order valence-electron chi connectivity index (χ0n) is 11.9. The molecule has 0 bridgehead atoms. The zero-order chi connectivity index (χ0) is 15.7. The summed E-state index contributed by atoms with van der Waals surface area (Å²) in [6.07, 6.45) is -0.145. The molecule has 0 aliphatic heterocycles. The summed E-state index contributed by atoms with van der Waals surface area (Å²) in [5.74, 6) is -1.45. The van der Waals surface area contributed by atoms with E-state index in [-0.39, 0.29) is 18.8 Å². The van der Waals surface area contributed by atoms with Crippen molar-refractivity contribution in [1.82, 2.24) is 5.32 Å². The highest BCUT2D eigenvalue weighted by Crippen LogP contribution is 2.03. The third-order valence-corrected chi connectivity index (χ3v) is 2.76. The molecule has 0 fully saturated rings. The van der Waals surface area contributed by atoms with Crippen LogP contribution in [0.2, 0.25) is 0 Å². The number of carbonyl (C=O) groups excluding carboxylic acids is 2. The number of carboxylic acids is 1. The van der Waals surface area contributed by atoms with E-state index in [0.29, 0.717) is 12.8 Å². The molecule has 0 saturated carbocycles. The number of nitrogens with one attached hydrogen (secondary N) is 1. The van der Waals surface area contributed by atoms with Crippen molar-refractivity contribution in [2.24, 2.45) is 0 Å². The molecular formula is C15H19NO5. The molecule has 0 unspecified atom stereocenters. The molecule has 1 amide bonds. The van der Waals surface area contributed by atoms with Crippen molar-refractivity contribution in [1.29, 1.82) is 0 Å². The summed E-state index contributed by atoms with van der Waals surface area (Å²) < 4.78 is 4.93. The molecule has 2 N–H and O–H groups in total.